The minimum Gasteiger partial charge on any atom is -0.309 e. The molecule has 7 aromatic carbocycles. The van der Waals surface area contributed by atoms with Crippen LogP contribution < -0.4 is 4.90 Å². The van der Waals surface area contributed by atoms with E-state index < -0.39 is 0 Å². The summed E-state index contributed by atoms with van der Waals surface area (Å²) in [5.41, 5.74) is 9.16. The molecule has 3 aromatic heterocycles. The Balaban J connectivity index is 1.10. The van der Waals surface area contributed by atoms with Gasteiger partial charge in [0.15, 0.2) is 0 Å². The second-order valence-electron chi connectivity index (χ2n) is 12.4. The van der Waals surface area contributed by atoms with Crippen molar-refractivity contribution in [3.8, 4) is 22.3 Å². The molecule has 0 aliphatic rings. The Morgan fingerprint density at radius 3 is 1.86 bits per heavy atom. The van der Waals surface area contributed by atoms with E-state index in [2.05, 4.69) is 169 Å². The molecule has 0 amide bonds. The Morgan fingerprint density at radius 1 is 0.408 bits per heavy atom. The Hall–Kier alpha value is -5.81. The number of thiophene rings is 2. The van der Waals surface area contributed by atoms with Crippen LogP contribution in [0.3, 0.4) is 0 Å². The van der Waals surface area contributed by atoms with Crippen LogP contribution in [-0.2, 0) is 0 Å². The van der Waals surface area contributed by atoms with Crippen LogP contribution in [0.2, 0.25) is 0 Å². The molecular formula is C45H28N2S2. The highest BCUT2D eigenvalue weighted by atomic mass is 32.1. The molecule has 4 heteroatoms. The average molecular weight is 661 g/mol. The molecule has 0 N–H and O–H groups in total. The van der Waals surface area contributed by atoms with Crippen molar-refractivity contribution in [2.75, 3.05) is 4.90 Å². The lowest BCUT2D eigenvalue weighted by Crippen LogP contribution is -2.10. The van der Waals surface area contributed by atoms with Gasteiger partial charge in [0.25, 0.3) is 0 Å². The average Bonchev–Trinajstić information content (AvgIpc) is 3.72. The summed E-state index contributed by atoms with van der Waals surface area (Å²) in [5.74, 6) is 0. The molecule has 10 rings (SSSR count). The molecule has 0 aliphatic heterocycles. The Labute approximate surface area is 291 Å². The maximum absolute atomic E-state index is 5.10. The summed E-state index contributed by atoms with van der Waals surface area (Å²) >= 11 is 3.69. The van der Waals surface area contributed by atoms with Gasteiger partial charge >= 0.3 is 0 Å². The molecule has 2 nitrogen and oxygen atoms in total. The van der Waals surface area contributed by atoms with Crippen molar-refractivity contribution in [3.05, 3.63) is 170 Å². The van der Waals surface area contributed by atoms with Gasteiger partial charge in [-0.1, -0.05) is 115 Å². The van der Waals surface area contributed by atoms with E-state index in [1.165, 1.54) is 68.0 Å². The third-order valence-electron chi connectivity index (χ3n) is 9.49. The summed E-state index contributed by atoms with van der Waals surface area (Å²) < 4.78 is 5.10. The van der Waals surface area contributed by atoms with Crippen molar-refractivity contribution in [2.24, 2.45) is 0 Å². The highest BCUT2D eigenvalue weighted by Crippen LogP contribution is 2.43. The number of aromatic nitrogens is 1. The molecular weight excluding hydrogens is 633 g/mol. The SMILES string of the molecule is c1ccc(-c2ccc(N(c3ccc(-c4cccc5c4sc4ccccc45)cc3)c3cnc4c(c3)sc3cc5ccccc5cc34)cc2)cc1. The lowest BCUT2D eigenvalue weighted by atomic mass is 10.0. The third-order valence-corrected chi connectivity index (χ3v) is 11.8. The first-order chi connectivity index (χ1) is 24.3. The Morgan fingerprint density at radius 2 is 1.06 bits per heavy atom. The first-order valence-corrected chi connectivity index (χ1v) is 18.1. The quantitative estimate of drug-likeness (QED) is 0.183. The highest BCUT2D eigenvalue weighted by molar-refractivity contribution is 7.26. The van der Waals surface area contributed by atoms with Crippen LogP contribution >= 0.6 is 22.7 Å². The molecule has 0 fully saturated rings. The smallest absolute Gasteiger partial charge is 0.0890 e. The summed E-state index contributed by atoms with van der Waals surface area (Å²) in [5, 5.41) is 6.35. The molecule has 0 spiro atoms. The summed E-state index contributed by atoms with van der Waals surface area (Å²) in [6.45, 7) is 0. The number of anilines is 3. The zero-order valence-electron chi connectivity index (χ0n) is 26.4. The predicted octanol–water partition coefficient (Wildman–Crippen LogP) is 13.8. The monoisotopic (exact) mass is 660 g/mol. The Bertz CT molecular complexity index is 2810. The fourth-order valence-corrected chi connectivity index (χ4v) is 9.45. The van der Waals surface area contributed by atoms with E-state index in [0.29, 0.717) is 0 Å². The summed E-state index contributed by atoms with van der Waals surface area (Å²) in [6.07, 6.45) is 2.03. The van der Waals surface area contributed by atoms with Crippen molar-refractivity contribution in [3.63, 3.8) is 0 Å². The standard InChI is InChI=1S/C45H28N2S2/c1-2-9-29(10-3-1)30-17-21-34(22-18-30)47(36-27-43-44(46-28-36)40-25-32-11-4-5-12-33(32)26-42(40)48-43)35-23-19-31(20-24-35)37-14-8-15-39-38-13-6-7-16-41(38)49-45(37)39/h1-28H. The molecule has 0 atom stereocenters. The van der Waals surface area contributed by atoms with Crippen LogP contribution in [-0.4, -0.2) is 4.98 Å². The van der Waals surface area contributed by atoms with E-state index in [-0.39, 0.29) is 0 Å². The van der Waals surface area contributed by atoms with E-state index in [1.807, 2.05) is 28.9 Å². The number of benzene rings is 7. The fourth-order valence-electron chi connectivity index (χ4n) is 7.09. The van der Waals surface area contributed by atoms with Gasteiger partial charge in [-0.25, -0.2) is 0 Å². The van der Waals surface area contributed by atoms with E-state index >= 15 is 0 Å². The van der Waals surface area contributed by atoms with Crippen molar-refractivity contribution < 1.29 is 0 Å². The molecule has 49 heavy (non-hydrogen) atoms. The van der Waals surface area contributed by atoms with E-state index in [9.17, 15) is 0 Å². The van der Waals surface area contributed by atoms with Crippen molar-refractivity contribution in [1.29, 1.82) is 0 Å². The highest BCUT2D eigenvalue weighted by Gasteiger charge is 2.17. The number of nitrogens with zero attached hydrogens (tertiary/aromatic N) is 2. The predicted molar refractivity (Wildman–Crippen MR) is 213 cm³/mol. The normalized spacial score (nSPS) is 11.7. The van der Waals surface area contributed by atoms with Gasteiger partial charge in [0.1, 0.15) is 0 Å². The lowest BCUT2D eigenvalue weighted by molar-refractivity contribution is 1.26. The molecule has 10 aromatic rings. The van der Waals surface area contributed by atoms with E-state index in [0.717, 1.165) is 22.6 Å². The van der Waals surface area contributed by atoms with Gasteiger partial charge in [0, 0.05) is 41.6 Å². The first-order valence-electron chi connectivity index (χ1n) is 16.4. The maximum Gasteiger partial charge on any atom is 0.0890 e. The molecule has 0 aliphatic carbocycles. The third kappa shape index (κ3) is 4.80. The van der Waals surface area contributed by atoms with Crippen LogP contribution in [0.5, 0.6) is 0 Å². The van der Waals surface area contributed by atoms with Crippen molar-refractivity contribution in [1.82, 2.24) is 4.98 Å². The summed E-state index contributed by atoms with van der Waals surface area (Å²) in [4.78, 5) is 7.43. The van der Waals surface area contributed by atoms with Crippen LogP contribution in [0.4, 0.5) is 17.1 Å². The summed E-state index contributed by atoms with van der Waals surface area (Å²) in [6, 6.07) is 59.2. The largest absolute Gasteiger partial charge is 0.309 e. The zero-order chi connectivity index (χ0) is 32.3. The van der Waals surface area contributed by atoms with Crippen LogP contribution in [0.15, 0.2) is 170 Å². The van der Waals surface area contributed by atoms with Gasteiger partial charge in [-0.05, 0) is 81.6 Å². The molecule has 0 radical (unpaired) electrons. The second kappa shape index (κ2) is 11.4. The van der Waals surface area contributed by atoms with Gasteiger partial charge in [-0.15, -0.1) is 22.7 Å². The minimum absolute atomic E-state index is 1.04. The minimum atomic E-state index is 1.04. The Kier molecular flexibility index (Phi) is 6.57. The van der Waals surface area contributed by atoms with Gasteiger partial charge in [-0.2, -0.15) is 0 Å². The van der Waals surface area contributed by atoms with Crippen LogP contribution in [0.1, 0.15) is 0 Å². The van der Waals surface area contributed by atoms with E-state index in [1.54, 1.807) is 0 Å². The van der Waals surface area contributed by atoms with Crippen LogP contribution in [0.25, 0.3) is 73.5 Å². The van der Waals surface area contributed by atoms with Crippen molar-refractivity contribution in [2.45, 2.75) is 0 Å². The first kappa shape index (κ1) is 28.2. The van der Waals surface area contributed by atoms with Gasteiger partial charge < -0.3 is 4.90 Å². The van der Waals surface area contributed by atoms with Gasteiger partial charge in [-0.3, -0.25) is 4.98 Å². The number of pyridine rings is 1. The fraction of sp³-hybridized carbons (Fsp3) is 0. The molecule has 0 unspecified atom stereocenters. The number of rotatable bonds is 5. The molecule has 0 saturated heterocycles. The van der Waals surface area contributed by atoms with Crippen molar-refractivity contribution >= 4 is 91.0 Å². The number of fused-ring (bicyclic) bond motifs is 7. The van der Waals surface area contributed by atoms with Crippen LogP contribution in [0, 0.1) is 0 Å². The zero-order valence-corrected chi connectivity index (χ0v) is 28.0. The maximum atomic E-state index is 5.10. The van der Waals surface area contributed by atoms with Gasteiger partial charge in [0.2, 0.25) is 0 Å². The second-order valence-corrected chi connectivity index (χ2v) is 14.5. The summed E-state index contributed by atoms with van der Waals surface area (Å²) in [7, 11) is 0. The van der Waals surface area contributed by atoms with E-state index in [4.69, 9.17) is 4.98 Å². The van der Waals surface area contributed by atoms with Gasteiger partial charge in [0.05, 0.1) is 22.1 Å². The molecule has 0 bridgehead atoms. The molecule has 3 heterocycles. The number of hydrogen-bond donors (Lipinski definition) is 0. The molecule has 0 saturated carbocycles. The number of hydrogen-bond acceptors (Lipinski definition) is 4. The molecule has 230 valence electrons. The lowest BCUT2D eigenvalue weighted by Gasteiger charge is -2.25. The topological polar surface area (TPSA) is 16.1 Å².